The Kier molecular flexibility index (Phi) is 3.04. The minimum atomic E-state index is -2.98. The first-order valence-electron chi connectivity index (χ1n) is 5.52. The molecule has 4 heteroatoms. The molecule has 1 aromatic carbocycles. The van der Waals surface area contributed by atoms with E-state index in [0.29, 0.717) is 18.8 Å². The molecule has 1 saturated heterocycles. The van der Waals surface area contributed by atoms with Crippen LogP contribution in [-0.4, -0.2) is 25.0 Å². The van der Waals surface area contributed by atoms with Gasteiger partial charge in [0.25, 0.3) is 0 Å². The second kappa shape index (κ2) is 4.18. The number of rotatable bonds is 2. The maximum Gasteiger partial charge on any atom is 0.214 e. The average Bonchev–Trinajstić information content (AvgIpc) is 2.44. The zero-order valence-electron chi connectivity index (χ0n) is 9.73. The van der Waals surface area contributed by atoms with Crippen molar-refractivity contribution in [2.75, 3.05) is 12.3 Å². The number of benzene rings is 1. The van der Waals surface area contributed by atoms with Crippen molar-refractivity contribution in [3.05, 3.63) is 34.9 Å². The molecule has 88 valence electrons. The lowest BCUT2D eigenvalue weighted by atomic mass is 10.1. The van der Waals surface area contributed by atoms with Crippen LogP contribution in [0.15, 0.2) is 18.2 Å². The van der Waals surface area contributed by atoms with Crippen molar-refractivity contribution in [3.8, 4) is 0 Å². The highest BCUT2D eigenvalue weighted by atomic mass is 32.2. The average molecular weight is 239 g/mol. The third-order valence-electron chi connectivity index (χ3n) is 2.84. The molecule has 3 nitrogen and oxygen atoms in total. The molecule has 0 N–H and O–H groups in total. The van der Waals surface area contributed by atoms with Gasteiger partial charge in [-0.05, 0) is 25.8 Å². The van der Waals surface area contributed by atoms with Crippen LogP contribution in [0.2, 0.25) is 0 Å². The van der Waals surface area contributed by atoms with Gasteiger partial charge in [0, 0.05) is 13.1 Å². The van der Waals surface area contributed by atoms with E-state index in [9.17, 15) is 8.42 Å². The van der Waals surface area contributed by atoms with Gasteiger partial charge in [0.05, 0.1) is 5.75 Å². The van der Waals surface area contributed by atoms with Crippen LogP contribution in [0.25, 0.3) is 0 Å². The summed E-state index contributed by atoms with van der Waals surface area (Å²) < 4.78 is 24.9. The van der Waals surface area contributed by atoms with Crippen LogP contribution in [0.4, 0.5) is 0 Å². The summed E-state index contributed by atoms with van der Waals surface area (Å²) in [4.78, 5) is 0. The fraction of sp³-hybridized carbons (Fsp3) is 0.500. The van der Waals surface area contributed by atoms with Crippen molar-refractivity contribution in [1.82, 2.24) is 4.31 Å². The van der Waals surface area contributed by atoms with Crippen LogP contribution in [0, 0.1) is 13.8 Å². The van der Waals surface area contributed by atoms with Crippen LogP contribution in [0.3, 0.4) is 0 Å². The van der Waals surface area contributed by atoms with E-state index in [2.05, 4.69) is 18.2 Å². The monoisotopic (exact) mass is 239 g/mol. The Hall–Kier alpha value is -0.870. The minimum absolute atomic E-state index is 0.303. The van der Waals surface area contributed by atoms with E-state index in [1.165, 1.54) is 11.1 Å². The highest BCUT2D eigenvalue weighted by Crippen LogP contribution is 2.18. The summed E-state index contributed by atoms with van der Waals surface area (Å²) in [6.07, 6.45) is 0.757. The fourth-order valence-corrected chi connectivity index (χ4v) is 3.74. The van der Waals surface area contributed by atoms with Gasteiger partial charge in [0.1, 0.15) is 0 Å². The summed E-state index contributed by atoms with van der Waals surface area (Å²) in [7, 11) is -2.98. The number of nitrogens with zero attached hydrogens (tertiary/aromatic N) is 1. The molecule has 1 aromatic rings. The maximum absolute atomic E-state index is 11.7. The highest BCUT2D eigenvalue weighted by Gasteiger charge is 2.27. The standard InChI is InChI=1S/C12H17NO2S/c1-10-6-11(2)8-12(7-10)9-13-4-3-5-16(13,14)15/h6-8H,3-5,9H2,1-2H3. The topological polar surface area (TPSA) is 37.4 Å². The molecule has 2 rings (SSSR count). The van der Waals surface area contributed by atoms with Crippen LogP contribution >= 0.6 is 0 Å². The number of hydrogen-bond donors (Lipinski definition) is 0. The summed E-state index contributed by atoms with van der Waals surface area (Å²) in [6.45, 7) is 5.25. The lowest BCUT2D eigenvalue weighted by Gasteiger charge is -2.15. The molecule has 0 unspecified atom stereocenters. The lowest BCUT2D eigenvalue weighted by molar-refractivity contribution is 0.439. The second-order valence-corrected chi connectivity index (χ2v) is 6.59. The van der Waals surface area contributed by atoms with Gasteiger partial charge < -0.3 is 0 Å². The summed E-state index contributed by atoms with van der Waals surface area (Å²) in [5.41, 5.74) is 3.46. The highest BCUT2D eigenvalue weighted by molar-refractivity contribution is 7.89. The SMILES string of the molecule is Cc1cc(C)cc(CN2CCCS2(=O)=O)c1. The Labute approximate surface area is 97.1 Å². The van der Waals surface area contributed by atoms with Gasteiger partial charge in [-0.1, -0.05) is 29.3 Å². The molecule has 0 bridgehead atoms. The van der Waals surface area contributed by atoms with Crippen molar-refractivity contribution in [2.45, 2.75) is 26.8 Å². The third-order valence-corrected chi connectivity index (χ3v) is 4.75. The Morgan fingerprint density at radius 3 is 2.31 bits per heavy atom. The molecule has 1 heterocycles. The van der Waals surface area contributed by atoms with Crippen molar-refractivity contribution >= 4 is 10.0 Å². The Morgan fingerprint density at radius 2 is 1.81 bits per heavy atom. The quantitative estimate of drug-likeness (QED) is 0.789. The van der Waals surface area contributed by atoms with Crippen molar-refractivity contribution < 1.29 is 8.42 Å². The molecule has 1 fully saturated rings. The molecule has 0 amide bonds. The van der Waals surface area contributed by atoms with Gasteiger partial charge in [0.2, 0.25) is 10.0 Å². The van der Waals surface area contributed by atoms with E-state index in [1.54, 1.807) is 4.31 Å². The van der Waals surface area contributed by atoms with E-state index in [1.807, 2.05) is 13.8 Å². The summed E-state index contributed by atoms with van der Waals surface area (Å²) in [6, 6.07) is 6.21. The van der Waals surface area contributed by atoms with Gasteiger partial charge >= 0.3 is 0 Å². The minimum Gasteiger partial charge on any atom is -0.212 e. The summed E-state index contributed by atoms with van der Waals surface area (Å²) in [5, 5.41) is 0. The maximum atomic E-state index is 11.7. The zero-order chi connectivity index (χ0) is 11.8. The number of hydrogen-bond acceptors (Lipinski definition) is 2. The number of aryl methyl sites for hydroxylation is 2. The van der Waals surface area contributed by atoms with Crippen LogP contribution < -0.4 is 0 Å². The second-order valence-electron chi connectivity index (χ2n) is 4.50. The van der Waals surface area contributed by atoms with E-state index >= 15 is 0 Å². The smallest absolute Gasteiger partial charge is 0.212 e. The third kappa shape index (κ3) is 2.44. The molecule has 0 atom stereocenters. The summed E-state index contributed by atoms with van der Waals surface area (Å²) >= 11 is 0. The fourth-order valence-electron chi connectivity index (χ4n) is 2.23. The van der Waals surface area contributed by atoms with Crippen molar-refractivity contribution in [1.29, 1.82) is 0 Å². The van der Waals surface area contributed by atoms with Crippen LogP contribution in [0.1, 0.15) is 23.1 Å². The molecule has 0 aromatic heterocycles. The molecular formula is C12H17NO2S. The van der Waals surface area contributed by atoms with Gasteiger partial charge in [-0.2, -0.15) is 4.31 Å². The molecule has 16 heavy (non-hydrogen) atoms. The number of sulfonamides is 1. The predicted molar refractivity (Wildman–Crippen MR) is 64.7 cm³/mol. The summed E-state index contributed by atoms with van der Waals surface area (Å²) in [5.74, 6) is 0.303. The molecule has 1 aliphatic heterocycles. The molecule has 1 aliphatic rings. The normalized spacial score (nSPS) is 20.1. The Bertz CT molecular complexity index is 473. The molecule has 0 saturated carbocycles. The largest absolute Gasteiger partial charge is 0.214 e. The van der Waals surface area contributed by atoms with Gasteiger partial charge in [-0.25, -0.2) is 8.42 Å². The van der Waals surface area contributed by atoms with Gasteiger partial charge in [-0.3, -0.25) is 0 Å². The first-order valence-corrected chi connectivity index (χ1v) is 7.13. The first kappa shape index (κ1) is 11.6. The van der Waals surface area contributed by atoms with E-state index in [-0.39, 0.29) is 0 Å². The van der Waals surface area contributed by atoms with Crippen LogP contribution in [0.5, 0.6) is 0 Å². The predicted octanol–water partition coefficient (Wildman–Crippen LogP) is 1.84. The van der Waals surface area contributed by atoms with E-state index in [4.69, 9.17) is 0 Å². The lowest BCUT2D eigenvalue weighted by Crippen LogP contribution is -2.25. The molecule has 0 spiro atoms. The zero-order valence-corrected chi connectivity index (χ0v) is 10.5. The Balaban J connectivity index is 2.21. The molecule has 0 radical (unpaired) electrons. The first-order chi connectivity index (χ1) is 7.47. The molecular weight excluding hydrogens is 222 g/mol. The van der Waals surface area contributed by atoms with E-state index in [0.717, 1.165) is 12.0 Å². The van der Waals surface area contributed by atoms with E-state index < -0.39 is 10.0 Å². The van der Waals surface area contributed by atoms with Crippen molar-refractivity contribution in [2.24, 2.45) is 0 Å². The van der Waals surface area contributed by atoms with Crippen molar-refractivity contribution in [3.63, 3.8) is 0 Å². The van der Waals surface area contributed by atoms with Gasteiger partial charge in [-0.15, -0.1) is 0 Å². The Morgan fingerprint density at radius 1 is 1.19 bits per heavy atom. The van der Waals surface area contributed by atoms with Crippen LogP contribution in [-0.2, 0) is 16.6 Å². The molecule has 0 aliphatic carbocycles. The van der Waals surface area contributed by atoms with Gasteiger partial charge in [0.15, 0.2) is 0 Å².